The first kappa shape index (κ1) is 12.6. The van der Waals surface area contributed by atoms with E-state index >= 15 is 0 Å². The van der Waals surface area contributed by atoms with Crippen molar-refractivity contribution in [3.05, 3.63) is 35.9 Å². The minimum absolute atomic E-state index is 0.683. The summed E-state index contributed by atoms with van der Waals surface area (Å²) in [7, 11) is 2.18. The molecule has 3 nitrogen and oxygen atoms in total. The predicted octanol–water partition coefficient (Wildman–Crippen LogP) is 1.15. The summed E-state index contributed by atoms with van der Waals surface area (Å²) in [6.07, 6.45) is 1.27. The molecule has 0 bridgehead atoms. The quantitative estimate of drug-likeness (QED) is 0.828. The highest BCUT2D eigenvalue weighted by Crippen LogP contribution is 2.16. The van der Waals surface area contributed by atoms with Gasteiger partial charge >= 0.3 is 0 Å². The first-order valence-electron chi connectivity index (χ1n) is 6.46. The molecule has 2 rings (SSSR count). The van der Waals surface area contributed by atoms with E-state index in [1.54, 1.807) is 0 Å². The number of nitrogens with zero attached hydrogens (tertiary/aromatic N) is 2. The van der Waals surface area contributed by atoms with Crippen LogP contribution in [0.15, 0.2) is 30.3 Å². The van der Waals surface area contributed by atoms with Crippen LogP contribution in [0.2, 0.25) is 0 Å². The third-order valence-electron chi connectivity index (χ3n) is 3.60. The van der Waals surface area contributed by atoms with Gasteiger partial charge in [-0.1, -0.05) is 30.3 Å². The Bertz CT molecular complexity index is 325. The van der Waals surface area contributed by atoms with E-state index in [4.69, 9.17) is 5.73 Å². The van der Waals surface area contributed by atoms with Gasteiger partial charge in [0.15, 0.2) is 0 Å². The van der Waals surface area contributed by atoms with E-state index in [1.165, 1.54) is 25.1 Å². The van der Waals surface area contributed by atoms with Crippen LogP contribution in [0.5, 0.6) is 0 Å². The van der Waals surface area contributed by atoms with Gasteiger partial charge in [0.2, 0.25) is 0 Å². The smallest absolute Gasteiger partial charge is 0.0234 e. The fraction of sp³-hybridized carbons (Fsp3) is 0.571. The van der Waals surface area contributed by atoms with Crippen molar-refractivity contribution in [1.29, 1.82) is 0 Å². The van der Waals surface area contributed by atoms with E-state index in [-0.39, 0.29) is 0 Å². The summed E-state index contributed by atoms with van der Waals surface area (Å²) in [6.45, 7) is 5.21. The van der Waals surface area contributed by atoms with Gasteiger partial charge in [-0.05, 0) is 19.0 Å². The van der Waals surface area contributed by atoms with Crippen LogP contribution in [0.25, 0.3) is 0 Å². The second-order valence-electron chi connectivity index (χ2n) is 4.93. The average molecular weight is 233 g/mol. The highest BCUT2D eigenvalue weighted by atomic mass is 15.2. The monoisotopic (exact) mass is 233 g/mol. The number of benzene rings is 1. The summed E-state index contributed by atoms with van der Waals surface area (Å²) < 4.78 is 0. The Kier molecular flexibility index (Phi) is 4.54. The van der Waals surface area contributed by atoms with Crippen molar-refractivity contribution in [2.24, 2.45) is 5.73 Å². The van der Waals surface area contributed by atoms with Crippen molar-refractivity contribution >= 4 is 0 Å². The van der Waals surface area contributed by atoms with Gasteiger partial charge in [-0.25, -0.2) is 0 Å². The van der Waals surface area contributed by atoms with Crippen molar-refractivity contribution in [3.8, 4) is 0 Å². The fourth-order valence-corrected chi connectivity index (χ4v) is 2.54. The lowest BCUT2D eigenvalue weighted by Crippen LogP contribution is -2.37. The van der Waals surface area contributed by atoms with Crippen molar-refractivity contribution in [1.82, 2.24) is 9.80 Å². The summed E-state index contributed by atoms with van der Waals surface area (Å²) in [6, 6.07) is 11.4. The summed E-state index contributed by atoms with van der Waals surface area (Å²) in [5, 5.41) is 0. The molecule has 0 radical (unpaired) electrons. The van der Waals surface area contributed by atoms with Gasteiger partial charge < -0.3 is 10.6 Å². The van der Waals surface area contributed by atoms with Crippen molar-refractivity contribution < 1.29 is 0 Å². The number of hydrogen-bond donors (Lipinski definition) is 1. The highest BCUT2D eigenvalue weighted by molar-refractivity contribution is 5.14. The molecular formula is C14H23N3. The normalized spacial score (nSPS) is 21.2. The summed E-state index contributed by atoms with van der Waals surface area (Å²) in [5.74, 6) is 0. The van der Waals surface area contributed by atoms with E-state index in [1.807, 2.05) is 0 Å². The molecule has 1 atom stereocenters. The van der Waals surface area contributed by atoms with Gasteiger partial charge in [0.05, 0.1) is 0 Å². The molecule has 1 aliphatic rings. The van der Waals surface area contributed by atoms with Crippen LogP contribution in [0, 0.1) is 0 Å². The van der Waals surface area contributed by atoms with Crippen LogP contribution in [0.4, 0.5) is 0 Å². The number of likely N-dealkylation sites (tertiary alicyclic amines) is 1. The standard InChI is InChI=1S/C14H23N3/c1-16(10-8-15)14-7-9-17(12-14)11-13-5-3-2-4-6-13/h2-6,14H,7-12,15H2,1H3/t14-/m1/s1. The van der Waals surface area contributed by atoms with Gasteiger partial charge in [0.1, 0.15) is 0 Å². The number of rotatable bonds is 5. The lowest BCUT2D eigenvalue weighted by molar-refractivity contribution is 0.234. The maximum Gasteiger partial charge on any atom is 0.0234 e. The topological polar surface area (TPSA) is 32.5 Å². The Morgan fingerprint density at radius 3 is 2.82 bits per heavy atom. The molecule has 1 aromatic carbocycles. The molecule has 2 N–H and O–H groups in total. The molecule has 3 heteroatoms. The Labute approximate surface area is 104 Å². The molecule has 1 aliphatic heterocycles. The first-order valence-corrected chi connectivity index (χ1v) is 6.46. The lowest BCUT2D eigenvalue weighted by Gasteiger charge is -2.24. The van der Waals surface area contributed by atoms with Gasteiger partial charge in [-0.2, -0.15) is 0 Å². The molecule has 0 saturated carbocycles. The number of likely N-dealkylation sites (N-methyl/N-ethyl adjacent to an activating group) is 1. The summed E-state index contributed by atoms with van der Waals surface area (Å²) in [5.41, 5.74) is 7.01. The number of hydrogen-bond acceptors (Lipinski definition) is 3. The maximum absolute atomic E-state index is 5.60. The van der Waals surface area contributed by atoms with Crippen LogP contribution in [-0.4, -0.2) is 49.1 Å². The zero-order valence-corrected chi connectivity index (χ0v) is 10.7. The molecular weight excluding hydrogens is 210 g/mol. The van der Waals surface area contributed by atoms with Crippen LogP contribution in [-0.2, 0) is 6.54 Å². The Morgan fingerprint density at radius 2 is 2.12 bits per heavy atom. The second-order valence-corrected chi connectivity index (χ2v) is 4.93. The Hall–Kier alpha value is -0.900. The minimum Gasteiger partial charge on any atom is -0.329 e. The molecule has 1 aromatic rings. The zero-order chi connectivity index (χ0) is 12.1. The Balaban J connectivity index is 1.82. The molecule has 17 heavy (non-hydrogen) atoms. The third kappa shape index (κ3) is 3.53. The molecule has 0 spiro atoms. The van der Waals surface area contributed by atoms with Gasteiger partial charge in [0, 0.05) is 38.8 Å². The molecule has 0 aromatic heterocycles. The van der Waals surface area contributed by atoms with E-state index in [2.05, 4.69) is 47.2 Å². The lowest BCUT2D eigenvalue weighted by atomic mass is 10.2. The summed E-state index contributed by atoms with van der Waals surface area (Å²) in [4.78, 5) is 4.93. The molecule has 0 unspecified atom stereocenters. The van der Waals surface area contributed by atoms with E-state index < -0.39 is 0 Å². The van der Waals surface area contributed by atoms with E-state index in [0.29, 0.717) is 6.04 Å². The molecule has 0 aliphatic carbocycles. The first-order chi connectivity index (χ1) is 8.29. The number of nitrogens with two attached hydrogens (primary N) is 1. The van der Waals surface area contributed by atoms with Crippen molar-refractivity contribution in [2.75, 3.05) is 33.2 Å². The van der Waals surface area contributed by atoms with Crippen LogP contribution in [0.1, 0.15) is 12.0 Å². The van der Waals surface area contributed by atoms with Crippen LogP contribution >= 0.6 is 0 Å². The Morgan fingerprint density at radius 1 is 1.35 bits per heavy atom. The van der Waals surface area contributed by atoms with E-state index in [9.17, 15) is 0 Å². The summed E-state index contributed by atoms with van der Waals surface area (Å²) >= 11 is 0. The molecule has 1 saturated heterocycles. The zero-order valence-electron chi connectivity index (χ0n) is 10.7. The highest BCUT2D eigenvalue weighted by Gasteiger charge is 2.24. The second kappa shape index (κ2) is 6.15. The largest absolute Gasteiger partial charge is 0.329 e. The average Bonchev–Trinajstić information content (AvgIpc) is 2.79. The predicted molar refractivity (Wildman–Crippen MR) is 71.8 cm³/mol. The fourth-order valence-electron chi connectivity index (χ4n) is 2.54. The van der Waals surface area contributed by atoms with Crippen LogP contribution < -0.4 is 5.73 Å². The SMILES string of the molecule is CN(CCN)[C@@H]1CCN(Cc2ccccc2)C1. The van der Waals surface area contributed by atoms with Crippen molar-refractivity contribution in [3.63, 3.8) is 0 Å². The third-order valence-corrected chi connectivity index (χ3v) is 3.60. The molecule has 1 heterocycles. The van der Waals surface area contributed by atoms with Gasteiger partial charge in [-0.15, -0.1) is 0 Å². The van der Waals surface area contributed by atoms with Crippen molar-refractivity contribution in [2.45, 2.75) is 19.0 Å². The molecule has 1 fully saturated rings. The maximum atomic E-state index is 5.60. The van der Waals surface area contributed by atoms with Gasteiger partial charge in [0.25, 0.3) is 0 Å². The van der Waals surface area contributed by atoms with Gasteiger partial charge in [-0.3, -0.25) is 4.90 Å². The molecule has 0 amide bonds. The minimum atomic E-state index is 0.683. The van der Waals surface area contributed by atoms with E-state index in [0.717, 1.165) is 19.6 Å². The molecule has 94 valence electrons. The van der Waals surface area contributed by atoms with Crippen LogP contribution in [0.3, 0.4) is 0 Å².